The number of sulfonamides is 1. The van der Waals surface area contributed by atoms with E-state index in [2.05, 4.69) is 21.2 Å². The van der Waals surface area contributed by atoms with Crippen LogP contribution in [-0.4, -0.2) is 51.0 Å². The molecule has 0 heterocycles. The first-order valence-corrected chi connectivity index (χ1v) is 13.7. The summed E-state index contributed by atoms with van der Waals surface area (Å²) in [6, 6.07) is 24.5. The first-order valence-electron chi connectivity index (χ1n) is 11.0. The largest absolute Gasteiger partial charge is 0.357 e. The summed E-state index contributed by atoms with van der Waals surface area (Å²) in [4.78, 5) is 28.2. The van der Waals surface area contributed by atoms with Gasteiger partial charge in [0.05, 0.1) is 11.9 Å². The monoisotopic (exact) mass is 557 g/mol. The number of likely N-dealkylation sites (N-methyl/N-ethyl adjacent to an activating group) is 1. The molecule has 0 aromatic heterocycles. The molecule has 0 aliphatic rings. The molecule has 2 amide bonds. The van der Waals surface area contributed by atoms with Crippen molar-refractivity contribution < 1.29 is 18.0 Å². The first-order chi connectivity index (χ1) is 16.7. The van der Waals surface area contributed by atoms with Gasteiger partial charge in [0.2, 0.25) is 21.8 Å². The molecule has 0 radical (unpaired) electrons. The summed E-state index contributed by atoms with van der Waals surface area (Å²) in [5.41, 5.74) is 2.07. The van der Waals surface area contributed by atoms with Crippen molar-refractivity contribution in [3.63, 3.8) is 0 Å². The Kier molecular flexibility index (Phi) is 9.06. The van der Waals surface area contributed by atoms with Gasteiger partial charge in [-0.05, 0) is 35.4 Å². The van der Waals surface area contributed by atoms with E-state index < -0.39 is 28.5 Å². The number of nitrogens with one attached hydrogen (secondary N) is 1. The Morgan fingerprint density at radius 2 is 1.51 bits per heavy atom. The van der Waals surface area contributed by atoms with E-state index >= 15 is 0 Å². The average Bonchev–Trinajstić information content (AvgIpc) is 2.84. The van der Waals surface area contributed by atoms with Crippen LogP contribution in [0, 0.1) is 0 Å². The Hall–Kier alpha value is -3.17. The third-order valence-corrected chi connectivity index (χ3v) is 7.12. The summed E-state index contributed by atoms with van der Waals surface area (Å²) in [7, 11) is -2.24. The molecular formula is C26H28BrN3O4S. The van der Waals surface area contributed by atoms with Crippen molar-refractivity contribution in [2.24, 2.45) is 0 Å². The lowest BCUT2D eigenvalue weighted by atomic mass is 10.0. The van der Waals surface area contributed by atoms with Gasteiger partial charge in [-0.2, -0.15) is 0 Å². The summed E-state index contributed by atoms with van der Waals surface area (Å²) in [6.07, 6.45) is 1.34. The number of anilines is 1. The van der Waals surface area contributed by atoms with Crippen molar-refractivity contribution >= 4 is 43.5 Å². The lowest BCUT2D eigenvalue weighted by Crippen LogP contribution is -2.52. The van der Waals surface area contributed by atoms with E-state index in [-0.39, 0.29) is 18.9 Å². The van der Waals surface area contributed by atoms with E-state index in [9.17, 15) is 18.0 Å². The fourth-order valence-corrected chi connectivity index (χ4v) is 5.06. The van der Waals surface area contributed by atoms with Crippen LogP contribution in [0.4, 0.5) is 5.69 Å². The van der Waals surface area contributed by atoms with Gasteiger partial charge in [0.15, 0.2) is 0 Å². The molecule has 0 aliphatic carbocycles. The SMILES string of the molecule is CNC(=O)[C@@H](Cc1ccccc1)N(Cc1cccc(Br)c1)C(=O)CN(c1ccccc1)S(C)(=O)=O. The van der Waals surface area contributed by atoms with Crippen molar-refractivity contribution in [2.75, 3.05) is 24.2 Å². The third-order valence-electron chi connectivity index (χ3n) is 5.48. The zero-order chi connectivity index (χ0) is 25.4. The zero-order valence-corrected chi connectivity index (χ0v) is 22.0. The molecule has 3 rings (SSSR count). The molecule has 0 bridgehead atoms. The van der Waals surface area contributed by atoms with Crippen LogP contribution < -0.4 is 9.62 Å². The van der Waals surface area contributed by atoms with Gasteiger partial charge in [-0.25, -0.2) is 8.42 Å². The van der Waals surface area contributed by atoms with Crippen LogP contribution in [-0.2, 0) is 32.6 Å². The molecule has 1 N–H and O–H groups in total. The molecule has 0 fully saturated rings. The number of hydrogen-bond donors (Lipinski definition) is 1. The number of nitrogens with zero attached hydrogens (tertiary/aromatic N) is 2. The molecule has 35 heavy (non-hydrogen) atoms. The Morgan fingerprint density at radius 1 is 0.914 bits per heavy atom. The summed E-state index contributed by atoms with van der Waals surface area (Å²) >= 11 is 3.45. The molecule has 3 aromatic rings. The Balaban J connectivity index is 2.01. The topological polar surface area (TPSA) is 86.8 Å². The normalized spacial score (nSPS) is 12.0. The quantitative estimate of drug-likeness (QED) is 0.412. The highest BCUT2D eigenvalue weighted by Crippen LogP contribution is 2.21. The number of rotatable bonds is 10. The first kappa shape index (κ1) is 26.4. The third kappa shape index (κ3) is 7.40. The zero-order valence-electron chi connectivity index (χ0n) is 19.6. The van der Waals surface area contributed by atoms with Gasteiger partial charge in [-0.15, -0.1) is 0 Å². The highest BCUT2D eigenvalue weighted by Gasteiger charge is 2.32. The number of benzene rings is 3. The van der Waals surface area contributed by atoms with Crippen LogP contribution in [0.5, 0.6) is 0 Å². The van der Waals surface area contributed by atoms with E-state index in [0.29, 0.717) is 5.69 Å². The number of halogens is 1. The van der Waals surface area contributed by atoms with Crippen molar-refractivity contribution in [1.82, 2.24) is 10.2 Å². The Morgan fingerprint density at radius 3 is 2.09 bits per heavy atom. The van der Waals surface area contributed by atoms with Crippen LogP contribution >= 0.6 is 15.9 Å². The maximum Gasteiger partial charge on any atom is 0.244 e. The Labute approximate surface area is 214 Å². The molecule has 9 heteroatoms. The molecule has 3 aromatic carbocycles. The molecule has 0 saturated heterocycles. The van der Waals surface area contributed by atoms with Crippen LogP contribution in [0.3, 0.4) is 0 Å². The van der Waals surface area contributed by atoms with E-state index in [0.717, 1.165) is 26.2 Å². The summed E-state index contributed by atoms with van der Waals surface area (Å²) in [6.45, 7) is -0.297. The molecule has 184 valence electrons. The highest BCUT2D eigenvalue weighted by atomic mass is 79.9. The van der Waals surface area contributed by atoms with E-state index in [1.54, 1.807) is 30.3 Å². The highest BCUT2D eigenvalue weighted by molar-refractivity contribution is 9.10. The predicted octanol–water partition coefficient (Wildman–Crippen LogP) is 3.60. The second-order valence-electron chi connectivity index (χ2n) is 8.08. The van der Waals surface area contributed by atoms with Crippen molar-refractivity contribution in [1.29, 1.82) is 0 Å². The average molecular weight is 558 g/mol. The van der Waals surface area contributed by atoms with E-state index in [1.165, 1.54) is 11.9 Å². The lowest BCUT2D eigenvalue weighted by molar-refractivity contribution is -0.139. The van der Waals surface area contributed by atoms with Gasteiger partial charge in [-0.3, -0.25) is 13.9 Å². The minimum absolute atomic E-state index is 0.135. The maximum atomic E-state index is 13.7. The summed E-state index contributed by atoms with van der Waals surface area (Å²) in [5.74, 6) is -0.813. The molecule has 0 spiro atoms. The Bertz CT molecular complexity index is 1250. The smallest absolute Gasteiger partial charge is 0.244 e. The van der Waals surface area contributed by atoms with Gasteiger partial charge in [-0.1, -0.05) is 76.6 Å². The molecule has 1 atom stereocenters. The van der Waals surface area contributed by atoms with Crippen LogP contribution in [0.1, 0.15) is 11.1 Å². The van der Waals surface area contributed by atoms with Gasteiger partial charge in [0.1, 0.15) is 12.6 Å². The van der Waals surface area contributed by atoms with Gasteiger partial charge >= 0.3 is 0 Å². The van der Waals surface area contributed by atoms with Crippen molar-refractivity contribution in [3.8, 4) is 0 Å². The minimum Gasteiger partial charge on any atom is -0.357 e. The van der Waals surface area contributed by atoms with Crippen molar-refractivity contribution in [3.05, 3.63) is 101 Å². The minimum atomic E-state index is -3.76. The fraction of sp³-hybridized carbons (Fsp3) is 0.231. The molecule has 0 aliphatic heterocycles. The van der Waals surface area contributed by atoms with Crippen LogP contribution in [0.2, 0.25) is 0 Å². The van der Waals surface area contributed by atoms with Crippen LogP contribution in [0.25, 0.3) is 0 Å². The summed E-state index contributed by atoms with van der Waals surface area (Å²) < 4.78 is 27.1. The number of hydrogen-bond acceptors (Lipinski definition) is 4. The number of amides is 2. The second kappa shape index (κ2) is 12.0. The summed E-state index contributed by atoms with van der Waals surface area (Å²) in [5, 5.41) is 2.66. The van der Waals surface area contributed by atoms with Gasteiger partial charge in [0, 0.05) is 24.5 Å². The number of para-hydroxylation sites is 1. The maximum absolute atomic E-state index is 13.7. The van der Waals surface area contributed by atoms with E-state index in [4.69, 9.17) is 0 Å². The van der Waals surface area contributed by atoms with Gasteiger partial charge in [0.25, 0.3) is 0 Å². The number of carbonyl (C=O) groups is 2. The van der Waals surface area contributed by atoms with Crippen molar-refractivity contribution in [2.45, 2.75) is 19.0 Å². The lowest BCUT2D eigenvalue weighted by Gasteiger charge is -2.33. The van der Waals surface area contributed by atoms with Crippen LogP contribution in [0.15, 0.2) is 89.4 Å². The van der Waals surface area contributed by atoms with E-state index in [1.807, 2.05) is 54.6 Å². The molecular weight excluding hydrogens is 530 g/mol. The molecule has 7 nitrogen and oxygen atoms in total. The molecule has 0 unspecified atom stereocenters. The second-order valence-corrected chi connectivity index (χ2v) is 10.9. The predicted molar refractivity (Wildman–Crippen MR) is 141 cm³/mol. The fourth-order valence-electron chi connectivity index (χ4n) is 3.76. The molecule has 0 saturated carbocycles. The standard InChI is InChI=1S/C26H28BrN3O4S/c1-28-26(32)24(17-20-10-5-3-6-11-20)29(18-21-12-9-13-22(27)16-21)25(31)19-30(35(2,33)34)23-14-7-4-8-15-23/h3-16,24H,17-19H2,1-2H3,(H,28,32)/t24-/m1/s1. The number of carbonyl (C=O) groups excluding carboxylic acids is 2. The van der Waals surface area contributed by atoms with Gasteiger partial charge < -0.3 is 10.2 Å².